The number of nitrogens with zero attached hydrogens (tertiary/aromatic N) is 3. The topological polar surface area (TPSA) is 75.6 Å². The second-order valence-electron chi connectivity index (χ2n) is 5.18. The maximum Gasteiger partial charge on any atom is 0.236 e. The SMILES string of the molecule is CN1CCCN(Cc2nc3c(N)cccc3o2)CC1=O. The van der Waals surface area contributed by atoms with Crippen LogP contribution in [0.15, 0.2) is 22.6 Å². The van der Waals surface area contributed by atoms with Gasteiger partial charge in [-0.15, -0.1) is 0 Å². The van der Waals surface area contributed by atoms with Crippen molar-refractivity contribution in [1.29, 1.82) is 0 Å². The van der Waals surface area contributed by atoms with E-state index in [1.54, 1.807) is 11.0 Å². The van der Waals surface area contributed by atoms with Crippen LogP contribution in [0.2, 0.25) is 0 Å². The highest BCUT2D eigenvalue weighted by Gasteiger charge is 2.20. The van der Waals surface area contributed by atoms with Crippen molar-refractivity contribution in [1.82, 2.24) is 14.8 Å². The minimum Gasteiger partial charge on any atom is -0.439 e. The number of hydrogen-bond donors (Lipinski definition) is 1. The first kappa shape index (κ1) is 12.9. The highest BCUT2D eigenvalue weighted by atomic mass is 16.3. The number of anilines is 1. The monoisotopic (exact) mass is 274 g/mol. The average Bonchev–Trinajstić information content (AvgIpc) is 2.75. The van der Waals surface area contributed by atoms with Crippen LogP contribution in [0.5, 0.6) is 0 Å². The molecule has 1 aliphatic heterocycles. The summed E-state index contributed by atoms with van der Waals surface area (Å²) in [5.41, 5.74) is 7.87. The molecule has 0 aliphatic carbocycles. The molecule has 2 aromatic rings. The van der Waals surface area contributed by atoms with Crippen LogP contribution in [0, 0.1) is 0 Å². The van der Waals surface area contributed by atoms with Crippen molar-refractivity contribution in [3.05, 3.63) is 24.1 Å². The van der Waals surface area contributed by atoms with Crippen LogP contribution in [0.3, 0.4) is 0 Å². The van der Waals surface area contributed by atoms with Crippen LogP contribution in [0.1, 0.15) is 12.3 Å². The van der Waals surface area contributed by atoms with Crippen molar-refractivity contribution in [2.45, 2.75) is 13.0 Å². The second kappa shape index (κ2) is 5.13. The zero-order valence-corrected chi connectivity index (χ0v) is 11.5. The van der Waals surface area contributed by atoms with Gasteiger partial charge >= 0.3 is 0 Å². The van der Waals surface area contributed by atoms with E-state index in [1.165, 1.54) is 0 Å². The number of carbonyl (C=O) groups excluding carboxylic acids is 1. The summed E-state index contributed by atoms with van der Waals surface area (Å²) in [6.45, 7) is 2.61. The Hall–Kier alpha value is -2.08. The molecule has 1 aliphatic rings. The number of likely N-dealkylation sites (N-methyl/N-ethyl adjacent to an activating group) is 1. The van der Waals surface area contributed by atoms with Crippen molar-refractivity contribution in [3.8, 4) is 0 Å². The van der Waals surface area contributed by atoms with Gasteiger partial charge in [-0.3, -0.25) is 9.69 Å². The minimum atomic E-state index is 0.137. The number of fused-ring (bicyclic) bond motifs is 1. The van der Waals surface area contributed by atoms with E-state index in [2.05, 4.69) is 9.88 Å². The normalized spacial score (nSPS) is 17.6. The fraction of sp³-hybridized carbons (Fsp3) is 0.429. The van der Waals surface area contributed by atoms with Gasteiger partial charge in [0.2, 0.25) is 11.8 Å². The molecule has 3 rings (SSSR count). The molecule has 0 saturated carbocycles. The van der Waals surface area contributed by atoms with Gasteiger partial charge in [-0.25, -0.2) is 4.98 Å². The molecule has 2 N–H and O–H groups in total. The summed E-state index contributed by atoms with van der Waals surface area (Å²) in [7, 11) is 1.84. The molecular formula is C14H18N4O2. The molecule has 1 fully saturated rings. The first-order valence-corrected chi connectivity index (χ1v) is 6.74. The Morgan fingerprint density at radius 1 is 1.40 bits per heavy atom. The van der Waals surface area contributed by atoms with Gasteiger partial charge in [0.25, 0.3) is 0 Å². The summed E-state index contributed by atoms with van der Waals surface area (Å²) in [6.07, 6.45) is 0.963. The lowest BCUT2D eigenvalue weighted by Gasteiger charge is -2.17. The van der Waals surface area contributed by atoms with Crippen molar-refractivity contribution >= 4 is 22.7 Å². The van der Waals surface area contributed by atoms with E-state index in [1.807, 2.05) is 19.2 Å². The number of nitrogen functional groups attached to an aromatic ring is 1. The molecule has 0 bridgehead atoms. The molecule has 0 atom stereocenters. The summed E-state index contributed by atoms with van der Waals surface area (Å²) in [6, 6.07) is 5.50. The number of para-hydroxylation sites is 1. The largest absolute Gasteiger partial charge is 0.439 e. The Kier molecular flexibility index (Phi) is 3.31. The van der Waals surface area contributed by atoms with Crippen molar-refractivity contribution < 1.29 is 9.21 Å². The van der Waals surface area contributed by atoms with E-state index >= 15 is 0 Å². The predicted molar refractivity (Wildman–Crippen MR) is 76.0 cm³/mol. The van der Waals surface area contributed by atoms with E-state index in [0.717, 1.165) is 19.5 Å². The van der Waals surface area contributed by atoms with Gasteiger partial charge in [-0.1, -0.05) is 6.07 Å². The van der Waals surface area contributed by atoms with E-state index in [-0.39, 0.29) is 5.91 Å². The first-order chi connectivity index (χ1) is 9.63. The Labute approximate surface area is 117 Å². The van der Waals surface area contributed by atoms with E-state index in [4.69, 9.17) is 10.2 Å². The summed E-state index contributed by atoms with van der Waals surface area (Å²) < 4.78 is 5.70. The van der Waals surface area contributed by atoms with Gasteiger partial charge in [0, 0.05) is 20.1 Å². The van der Waals surface area contributed by atoms with Gasteiger partial charge in [0.1, 0.15) is 5.52 Å². The Bertz CT molecular complexity index is 637. The summed E-state index contributed by atoms with van der Waals surface area (Å²) in [5, 5.41) is 0. The molecule has 2 heterocycles. The van der Waals surface area contributed by atoms with Crippen LogP contribution in [-0.2, 0) is 11.3 Å². The smallest absolute Gasteiger partial charge is 0.236 e. The highest BCUT2D eigenvalue weighted by Crippen LogP contribution is 2.22. The molecule has 0 spiro atoms. The van der Waals surface area contributed by atoms with E-state index < -0.39 is 0 Å². The van der Waals surface area contributed by atoms with Gasteiger partial charge < -0.3 is 15.1 Å². The fourth-order valence-electron chi connectivity index (χ4n) is 2.46. The number of rotatable bonds is 2. The first-order valence-electron chi connectivity index (χ1n) is 6.74. The quantitative estimate of drug-likeness (QED) is 0.829. The number of amides is 1. The third-order valence-electron chi connectivity index (χ3n) is 3.61. The van der Waals surface area contributed by atoms with Gasteiger partial charge in [0.05, 0.1) is 18.8 Å². The fourth-order valence-corrected chi connectivity index (χ4v) is 2.46. The number of oxazole rings is 1. The third-order valence-corrected chi connectivity index (χ3v) is 3.61. The molecule has 1 aromatic carbocycles. The number of hydrogen-bond acceptors (Lipinski definition) is 5. The molecule has 0 radical (unpaired) electrons. The van der Waals surface area contributed by atoms with Gasteiger partial charge in [0.15, 0.2) is 5.58 Å². The van der Waals surface area contributed by atoms with Crippen LogP contribution < -0.4 is 5.73 Å². The lowest BCUT2D eigenvalue weighted by molar-refractivity contribution is -0.130. The van der Waals surface area contributed by atoms with E-state index in [9.17, 15) is 4.79 Å². The Balaban J connectivity index is 1.79. The molecule has 1 amide bonds. The summed E-state index contributed by atoms with van der Waals surface area (Å²) >= 11 is 0. The molecule has 1 saturated heterocycles. The predicted octanol–water partition coefficient (Wildman–Crippen LogP) is 1.07. The molecule has 6 nitrogen and oxygen atoms in total. The summed E-state index contributed by atoms with van der Waals surface area (Å²) in [4.78, 5) is 20.1. The van der Waals surface area contributed by atoms with E-state index in [0.29, 0.717) is 35.8 Å². The average molecular weight is 274 g/mol. The van der Waals surface area contributed by atoms with Crippen LogP contribution in [-0.4, -0.2) is 47.4 Å². The van der Waals surface area contributed by atoms with Crippen LogP contribution in [0.25, 0.3) is 11.1 Å². The molecule has 20 heavy (non-hydrogen) atoms. The second-order valence-corrected chi connectivity index (χ2v) is 5.18. The van der Waals surface area contributed by atoms with Crippen LogP contribution >= 0.6 is 0 Å². The third kappa shape index (κ3) is 2.46. The van der Waals surface area contributed by atoms with Crippen molar-refractivity contribution in [2.75, 3.05) is 32.4 Å². The highest BCUT2D eigenvalue weighted by molar-refractivity contribution is 5.85. The van der Waals surface area contributed by atoms with Crippen molar-refractivity contribution in [3.63, 3.8) is 0 Å². The number of nitrogens with two attached hydrogens (primary N) is 1. The molecular weight excluding hydrogens is 256 g/mol. The number of aromatic nitrogens is 1. The maximum atomic E-state index is 11.9. The standard InChI is InChI=1S/C14H18N4O2/c1-17-6-3-7-18(9-13(17)19)8-12-16-14-10(15)4-2-5-11(14)20-12/h2,4-5H,3,6-9,15H2,1H3. The zero-order chi connectivity index (χ0) is 14.1. The van der Waals surface area contributed by atoms with Crippen LogP contribution in [0.4, 0.5) is 5.69 Å². The molecule has 0 unspecified atom stereocenters. The zero-order valence-electron chi connectivity index (χ0n) is 11.5. The van der Waals surface area contributed by atoms with Crippen molar-refractivity contribution in [2.24, 2.45) is 0 Å². The lowest BCUT2D eigenvalue weighted by Crippen LogP contribution is -2.34. The Morgan fingerprint density at radius 2 is 2.25 bits per heavy atom. The lowest BCUT2D eigenvalue weighted by atomic mass is 10.3. The number of carbonyl (C=O) groups is 1. The van der Waals surface area contributed by atoms with Gasteiger partial charge in [-0.2, -0.15) is 0 Å². The minimum absolute atomic E-state index is 0.137. The molecule has 106 valence electrons. The Morgan fingerprint density at radius 3 is 3.05 bits per heavy atom. The van der Waals surface area contributed by atoms with Gasteiger partial charge in [-0.05, 0) is 18.6 Å². The molecule has 1 aromatic heterocycles. The number of benzene rings is 1. The maximum absolute atomic E-state index is 11.9. The molecule has 6 heteroatoms. The summed E-state index contributed by atoms with van der Waals surface area (Å²) in [5.74, 6) is 0.744.